The number of nitrogens with zero attached hydrogens (tertiary/aromatic N) is 1. The van der Waals surface area contributed by atoms with E-state index in [0.717, 1.165) is 25.1 Å². The molecule has 0 amide bonds. The van der Waals surface area contributed by atoms with Gasteiger partial charge in [0.15, 0.2) is 0 Å². The van der Waals surface area contributed by atoms with Gasteiger partial charge < -0.3 is 9.84 Å². The van der Waals surface area contributed by atoms with Crippen molar-refractivity contribution in [1.82, 2.24) is 4.90 Å². The van der Waals surface area contributed by atoms with Crippen molar-refractivity contribution in [3.63, 3.8) is 0 Å². The van der Waals surface area contributed by atoms with Crippen molar-refractivity contribution >= 4 is 0 Å². The number of ether oxygens (including phenoxy) is 1. The first-order chi connectivity index (χ1) is 9.24. The highest BCUT2D eigenvalue weighted by molar-refractivity contribution is 5.34. The lowest BCUT2D eigenvalue weighted by molar-refractivity contribution is -0.188. The molecule has 0 saturated carbocycles. The number of phenols is 1. The zero-order chi connectivity index (χ0) is 15.0. The maximum absolute atomic E-state index is 10.1. The van der Waals surface area contributed by atoms with Crippen molar-refractivity contribution in [2.45, 2.75) is 58.3 Å². The Morgan fingerprint density at radius 1 is 1.15 bits per heavy atom. The third-order valence-electron chi connectivity index (χ3n) is 3.84. The Kier molecular flexibility index (Phi) is 4.12. The van der Waals surface area contributed by atoms with Gasteiger partial charge in [0.1, 0.15) is 5.75 Å². The highest BCUT2D eigenvalue weighted by Crippen LogP contribution is 2.37. The number of hydrogen-bond donors (Lipinski definition) is 1. The molecule has 1 unspecified atom stereocenters. The van der Waals surface area contributed by atoms with Gasteiger partial charge in [0.25, 0.3) is 0 Å². The Hall–Kier alpha value is -1.06. The molecule has 0 radical (unpaired) electrons. The molecule has 0 bridgehead atoms. The molecule has 1 heterocycles. The van der Waals surface area contributed by atoms with E-state index in [1.807, 2.05) is 18.2 Å². The second kappa shape index (κ2) is 5.38. The third kappa shape index (κ3) is 3.33. The van der Waals surface area contributed by atoms with Crippen LogP contribution in [0, 0.1) is 0 Å². The summed E-state index contributed by atoms with van der Waals surface area (Å²) in [5.74, 6) is 0.390. The molecule has 1 saturated heterocycles. The first kappa shape index (κ1) is 15.3. The van der Waals surface area contributed by atoms with Gasteiger partial charge in [0, 0.05) is 24.7 Å². The van der Waals surface area contributed by atoms with Crippen LogP contribution in [0.2, 0.25) is 0 Å². The summed E-state index contributed by atoms with van der Waals surface area (Å²) in [6, 6.07) is 7.90. The maximum atomic E-state index is 10.1. The summed E-state index contributed by atoms with van der Waals surface area (Å²) in [7, 11) is 0. The number of rotatable bonds is 3. The van der Waals surface area contributed by atoms with Crippen molar-refractivity contribution in [3.05, 3.63) is 29.8 Å². The van der Waals surface area contributed by atoms with Crippen molar-refractivity contribution in [3.8, 4) is 5.75 Å². The Morgan fingerprint density at radius 2 is 1.70 bits per heavy atom. The lowest BCUT2D eigenvalue weighted by Gasteiger charge is -2.49. The van der Waals surface area contributed by atoms with Crippen LogP contribution in [0.1, 0.15) is 52.6 Å². The maximum Gasteiger partial charge on any atom is 0.120 e. The van der Waals surface area contributed by atoms with Gasteiger partial charge in [-0.15, -0.1) is 0 Å². The lowest BCUT2D eigenvalue weighted by atomic mass is 9.93. The van der Waals surface area contributed by atoms with E-state index >= 15 is 0 Å². The van der Waals surface area contributed by atoms with Crippen molar-refractivity contribution in [1.29, 1.82) is 0 Å². The minimum atomic E-state index is -0.167. The molecule has 1 aliphatic heterocycles. The summed E-state index contributed by atoms with van der Waals surface area (Å²) < 4.78 is 6.15. The van der Waals surface area contributed by atoms with Gasteiger partial charge >= 0.3 is 0 Å². The fraction of sp³-hybridized carbons (Fsp3) is 0.647. The Balaban J connectivity index is 2.30. The van der Waals surface area contributed by atoms with E-state index < -0.39 is 0 Å². The average molecular weight is 277 g/mol. The summed E-state index contributed by atoms with van der Waals surface area (Å²) in [4.78, 5) is 2.44. The molecular formula is C17H27NO2. The Labute approximate surface area is 122 Å². The smallest absolute Gasteiger partial charge is 0.120 e. The van der Waals surface area contributed by atoms with Crippen LogP contribution in [0.25, 0.3) is 0 Å². The van der Waals surface area contributed by atoms with Gasteiger partial charge in [0.05, 0.1) is 11.2 Å². The van der Waals surface area contributed by atoms with Gasteiger partial charge in [0.2, 0.25) is 0 Å². The molecule has 2 rings (SSSR count). The summed E-state index contributed by atoms with van der Waals surface area (Å²) >= 11 is 0. The second-order valence-electron chi connectivity index (χ2n) is 7.01. The summed E-state index contributed by atoms with van der Waals surface area (Å²) in [5, 5.41) is 10.1. The van der Waals surface area contributed by atoms with E-state index in [2.05, 4.69) is 39.5 Å². The predicted octanol–water partition coefficient (Wildman–Crippen LogP) is 3.73. The average Bonchev–Trinajstić information content (AvgIpc) is 2.28. The number of hydrogen-bond acceptors (Lipinski definition) is 3. The predicted molar refractivity (Wildman–Crippen MR) is 82.0 cm³/mol. The van der Waals surface area contributed by atoms with Gasteiger partial charge in [-0.05, 0) is 40.2 Å². The van der Waals surface area contributed by atoms with Crippen molar-refractivity contribution in [2.75, 3.05) is 13.1 Å². The molecule has 1 N–H and O–H groups in total. The van der Waals surface area contributed by atoms with Gasteiger partial charge in [-0.3, -0.25) is 4.90 Å². The minimum absolute atomic E-state index is 0.167. The summed E-state index contributed by atoms with van der Waals surface area (Å²) in [6.45, 7) is 12.5. The zero-order valence-corrected chi connectivity index (χ0v) is 13.3. The molecule has 1 aromatic carbocycles. The molecule has 3 nitrogen and oxygen atoms in total. The van der Waals surface area contributed by atoms with E-state index in [9.17, 15) is 5.11 Å². The number of para-hydroxylation sites is 1. The van der Waals surface area contributed by atoms with Gasteiger partial charge in [-0.1, -0.05) is 25.1 Å². The lowest BCUT2D eigenvalue weighted by Crippen LogP contribution is -2.57. The molecule has 20 heavy (non-hydrogen) atoms. The monoisotopic (exact) mass is 277 g/mol. The van der Waals surface area contributed by atoms with E-state index in [1.54, 1.807) is 6.07 Å². The molecule has 0 aliphatic carbocycles. The van der Waals surface area contributed by atoms with Crippen LogP contribution in [0.4, 0.5) is 0 Å². The first-order valence-electron chi connectivity index (χ1n) is 7.46. The largest absolute Gasteiger partial charge is 0.508 e. The van der Waals surface area contributed by atoms with Gasteiger partial charge in [-0.25, -0.2) is 0 Å². The minimum Gasteiger partial charge on any atom is -0.508 e. The molecule has 1 aromatic rings. The van der Waals surface area contributed by atoms with Crippen LogP contribution in [0.3, 0.4) is 0 Å². The molecule has 0 spiro atoms. The van der Waals surface area contributed by atoms with Crippen LogP contribution in [0.15, 0.2) is 24.3 Å². The standard InChI is InChI=1S/C17H27NO2/c1-6-14(13-9-7-8-10-15(13)19)18-11-16(2,3)20-17(4,5)12-18/h7-10,14,19H,6,11-12H2,1-5H3. The molecule has 0 aromatic heterocycles. The topological polar surface area (TPSA) is 32.7 Å². The number of aromatic hydroxyl groups is 1. The molecular weight excluding hydrogens is 250 g/mol. The second-order valence-corrected chi connectivity index (χ2v) is 7.01. The van der Waals surface area contributed by atoms with Crippen LogP contribution >= 0.6 is 0 Å². The van der Waals surface area contributed by atoms with E-state index in [4.69, 9.17) is 4.74 Å². The molecule has 3 heteroatoms. The highest BCUT2D eigenvalue weighted by Gasteiger charge is 2.40. The van der Waals surface area contributed by atoms with Crippen LogP contribution in [-0.2, 0) is 4.74 Å². The normalized spacial score (nSPS) is 23.4. The quantitative estimate of drug-likeness (QED) is 0.913. The fourth-order valence-corrected chi connectivity index (χ4v) is 3.51. The number of morpholine rings is 1. The van der Waals surface area contributed by atoms with Crippen LogP contribution < -0.4 is 0 Å². The molecule has 1 atom stereocenters. The van der Waals surface area contributed by atoms with E-state index in [-0.39, 0.29) is 17.2 Å². The highest BCUT2D eigenvalue weighted by atomic mass is 16.5. The SMILES string of the molecule is CCC(c1ccccc1O)N1CC(C)(C)OC(C)(C)C1. The van der Waals surface area contributed by atoms with E-state index in [0.29, 0.717) is 5.75 Å². The van der Waals surface area contributed by atoms with Crippen LogP contribution in [-0.4, -0.2) is 34.3 Å². The Bertz CT molecular complexity index is 452. The molecule has 112 valence electrons. The van der Waals surface area contributed by atoms with Crippen molar-refractivity contribution in [2.24, 2.45) is 0 Å². The molecule has 1 fully saturated rings. The molecule has 1 aliphatic rings. The zero-order valence-electron chi connectivity index (χ0n) is 13.3. The summed E-state index contributed by atoms with van der Waals surface area (Å²) in [6.07, 6.45) is 0.976. The van der Waals surface area contributed by atoms with Crippen LogP contribution in [0.5, 0.6) is 5.75 Å². The third-order valence-corrected chi connectivity index (χ3v) is 3.84. The van der Waals surface area contributed by atoms with E-state index in [1.165, 1.54) is 0 Å². The fourth-order valence-electron chi connectivity index (χ4n) is 3.51. The van der Waals surface area contributed by atoms with Gasteiger partial charge in [-0.2, -0.15) is 0 Å². The summed E-state index contributed by atoms with van der Waals surface area (Å²) in [5.41, 5.74) is 0.683. The number of phenolic OH excluding ortho intramolecular Hbond substituents is 1. The Morgan fingerprint density at radius 3 is 2.20 bits per heavy atom. The number of benzene rings is 1. The first-order valence-corrected chi connectivity index (χ1v) is 7.46. The van der Waals surface area contributed by atoms with Crippen molar-refractivity contribution < 1.29 is 9.84 Å².